The van der Waals surface area contributed by atoms with E-state index in [1.807, 2.05) is 4.72 Å². The normalized spacial score (nSPS) is 12.5. The zero-order chi connectivity index (χ0) is 37.2. The SMILES string of the molecule is CC(=O)Oc1ccc(/C=C/C(=O)N(c2cccc3c(S(=O)(=O)Nc4ccc(S(=O)(=O)C(F)(F)F)cc4)cccc23)C(F)(F)F)cc1OC(C)=O. The Morgan fingerprint density at radius 1 is 0.740 bits per heavy atom. The molecule has 0 aromatic heterocycles. The van der Waals surface area contributed by atoms with Gasteiger partial charge in [-0.1, -0.05) is 30.3 Å². The Morgan fingerprint density at radius 3 is 1.90 bits per heavy atom. The monoisotopic (exact) mass is 744 g/mol. The lowest BCUT2D eigenvalue weighted by molar-refractivity contribution is -0.146. The predicted octanol–water partition coefficient (Wildman–Crippen LogP) is 6.35. The summed E-state index contributed by atoms with van der Waals surface area (Å²) in [5.41, 5.74) is -6.68. The fraction of sp³-hybridized carbons (Fsp3) is 0.129. The van der Waals surface area contributed by atoms with Gasteiger partial charge in [-0.3, -0.25) is 19.1 Å². The molecule has 4 aromatic carbocycles. The van der Waals surface area contributed by atoms with Crippen LogP contribution in [0.25, 0.3) is 16.8 Å². The van der Waals surface area contributed by atoms with Gasteiger partial charge >= 0.3 is 23.7 Å². The van der Waals surface area contributed by atoms with Crippen molar-refractivity contribution in [3.63, 3.8) is 0 Å². The third-order valence-corrected chi connectivity index (χ3v) is 9.42. The van der Waals surface area contributed by atoms with Crippen LogP contribution in [-0.2, 0) is 34.2 Å². The maximum atomic E-state index is 14.4. The second-order valence-corrected chi connectivity index (χ2v) is 13.7. The standard InChI is InChI=1S/C31H22F6N2O9S2/c1-18(40)47-26-15-9-20(17-27(26)48-19(2)41)10-16-29(42)39(30(32,33)34)25-7-3-6-24-23(25)5-4-8-28(24)50(45,46)38-21-11-13-22(14-12-21)49(43,44)31(35,36)37/h3-17,38H,1-2H3/b16-10+. The number of alkyl halides is 6. The quantitative estimate of drug-likeness (QED) is 0.0679. The minimum absolute atomic E-state index is 0.0639. The van der Waals surface area contributed by atoms with Crippen LogP contribution in [0.2, 0.25) is 0 Å². The van der Waals surface area contributed by atoms with Gasteiger partial charge in [0.25, 0.3) is 25.8 Å². The van der Waals surface area contributed by atoms with Crippen molar-refractivity contribution in [3.05, 3.63) is 90.5 Å². The summed E-state index contributed by atoms with van der Waals surface area (Å²) in [6.45, 7) is 2.13. The minimum Gasteiger partial charge on any atom is -0.423 e. The molecule has 1 N–H and O–H groups in total. The Hall–Kier alpha value is -5.43. The molecule has 4 aromatic rings. The minimum atomic E-state index is -5.72. The van der Waals surface area contributed by atoms with Crippen molar-refractivity contribution in [1.82, 2.24) is 0 Å². The summed E-state index contributed by atoms with van der Waals surface area (Å²) in [4.78, 5) is 33.6. The number of sulfone groups is 1. The van der Waals surface area contributed by atoms with Gasteiger partial charge in [-0.15, -0.1) is 13.2 Å². The number of ether oxygens (including phenoxy) is 2. The smallest absolute Gasteiger partial charge is 0.423 e. The summed E-state index contributed by atoms with van der Waals surface area (Å²) < 4.78 is 144. The second kappa shape index (κ2) is 13.8. The van der Waals surface area contributed by atoms with E-state index >= 15 is 0 Å². The number of halogens is 6. The summed E-state index contributed by atoms with van der Waals surface area (Å²) in [6.07, 6.45) is -3.83. The van der Waals surface area contributed by atoms with Gasteiger partial charge < -0.3 is 9.47 Å². The lowest BCUT2D eigenvalue weighted by atomic mass is 10.1. The molecular formula is C31H22F6N2O9S2. The highest BCUT2D eigenvalue weighted by molar-refractivity contribution is 7.93. The van der Waals surface area contributed by atoms with E-state index < -0.39 is 69.9 Å². The Balaban J connectivity index is 1.70. The van der Waals surface area contributed by atoms with Crippen LogP contribution in [0.4, 0.5) is 37.7 Å². The van der Waals surface area contributed by atoms with E-state index in [1.165, 1.54) is 12.1 Å². The molecule has 0 saturated carbocycles. The van der Waals surface area contributed by atoms with Gasteiger partial charge in [0.05, 0.1) is 15.5 Å². The number of amides is 1. The molecular weight excluding hydrogens is 722 g/mol. The highest BCUT2D eigenvalue weighted by atomic mass is 32.2. The number of carbonyl (C=O) groups is 3. The number of hydrogen-bond donors (Lipinski definition) is 1. The number of hydrogen-bond acceptors (Lipinski definition) is 9. The average Bonchev–Trinajstić information content (AvgIpc) is 2.99. The largest absolute Gasteiger partial charge is 0.501 e. The van der Waals surface area contributed by atoms with Gasteiger partial charge in [-0.25, -0.2) is 21.7 Å². The van der Waals surface area contributed by atoms with Crippen molar-refractivity contribution in [2.75, 3.05) is 9.62 Å². The van der Waals surface area contributed by atoms with Crippen molar-refractivity contribution in [2.45, 2.75) is 35.4 Å². The maximum absolute atomic E-state index is 14.4. The number of anilines is 2. The van der Waals surface area contributed by atoms with E-state index in [9.17, 15) is 57.6 Å². The van der Waals surface area contributed by atoms with Crippen molar-refractivity contribution in [2.24, 2.45) is 0 Å². The van der Waals surface area contributed by atoms with Crippen LogP contribution in [0, 0.1) is 0 Å². The summed E-state index contributed by atoms with van der Waals surface area (Å²) in [5, 5.41) is -0.629. The van der Waals surface area contributed by atoms with Gasteiger partial charge in [-0.05, 0) is 60.2 Å². The molecule has 0 saturated heterocycles. The van der Waals surface area contributed by atoms with Gasteiger partial charge in [0.15, 0.2) is 11.5 Å². The molecule has 4 rings (SSSR count). The first-order valence-corrected chi connectivity index (χ1v) is 16.6. The van der Waals surface area contributed by atoms with Gasteiger partial charge in [0.1, 0.15) is 0 Å². The Kier molecular flexibility index (Phi) is 10.3. The van der Waals surface area contributed by atoms with Crippen molar-refractivity contribution in [1.29, 1.82) is 0 Å². The van der Waals surface area contributed by atoms with E-state index in [0.717, 1.165) is 74.5 Å². The van der Waals surface area contributed by atoms with E-state index in [4.69, 9.17) is 9.47 Å². The number of esters is 2. The van der Waals surface area contributed by atoms with Crippen LogP contribution < -0.4 is 19.1 Å². The van der Waals surface area contributed by atoms with Gasteiger partial charge in [0.2, 0.25) is 0 Å². The number of benzene rings is 4. The summed E-state index contributed by atoms with van der Waals surface area (Å²) in [7, 11) is -10.4. The molecule has 0 aliphatic carbocycles. The van der Waals surface area contributed by atoms with Crippen molar-refractivity contribution >= 4 is 65.9 Å². The molecule has 264 valence electrons. The first-order valence-electron chi connectivity index (χ1n) is 13.7. The highest BCUT2D eigenvalue weighted by Gasteiger charge is 2.47. The Labute approximate surface area is 279 Å². The first-order chi connectivity index (χ1) is 23.1. The molecule has 11 nitrogen and oxygen atoms in total. The molecule has 0 atom stereocenters. The zero-order valence-electron chi connectivity index (χ0n) is 25.4. The summed E-state index contributed by atoms with van der Waals surface area (Å²) in [6, 6.07) is 12.5. The molecule has 1 amide bonds. The average molecular weight is 745 g/mol. The Bertz CT molecular complexity index is 2240. The molecule has 0 aliphatic rings. The molecule has 0 heterocycles. The fourth-order valence-electron chi connectivity index (χ4n) is 4.46. The van der Waals surface area contributed by atoms with Crippen LogP contribution in [0.5, 0.6) is 11.5 Å². The van der Waals surface area contributed by atoms with E-state index in [0.29, 0.717) is 18.2 Å². The number of carbonyl (C=O) groups excluding carboxylic acids is 3. The number of sulfonamides is 1. The molecule has 0 unspecified atom stereocenters. The topological polar surface area (TPSA) is 153 Å². The molecule has 0 radical (unpaired) electrons. The summed E-state index contributed by atoms with van der Waals surface area (Å²) in [5.74, 6) is -3.61. The molecule has 50 heavy (non-hydrogen) atoms. The third-order valence-electron chi connectivity index (χ3n) is 6.48. The number of rotatable bonds is 9. The zero-order valence-corrected chi connectivity index (χ0v) is 27.0. The molecule has 0 fully saturated rings. The van der Waals surface area contributed by atoms with E-state index in [2.05, 4.69) is 0 Å². The number of fused-ring (bicyclic) bond motifs is 1. The first kappa shape index (κ1) is 37.4. The van der Waals surface area contributed by atoms with Gasteiger partial charge in [0, 0.05) is 36.4 Å². The Morgan fingerprint density at radius 2 is 1.32 bits per heavy atom. The van der Waals surface area contributed by atoms with Crippen molar-refractivity contribution < 1.29 is 67.0 Å². The highest BCUT2D eigenvalue weighted by Crippen LogP contribution is 2.38. The van der Waals surface area contributed by atoms with Crippen LogP contribution >= 0.6 is 0 Å². The predicted molar refractivity (Wildman–Crippen MR) is 166 cm³/mol. The third kappa shape index (κ3) is 8.23. The van der Waals surface area contributed by atoms with Crippen LogP contribution in [0.3, 0.4) is 0 Å². The van der Waals surface area contributed by atoms with Crippen molar-refractivity contribution in [3.8, 4) is 11.5 Å². The second-order valence-electron chi connectivity index (χ2n) is 10.1. The molecule has 0 spiro atoms. The molecule has 19 heteroatoms. The molecule has 0 aliphatic heterocycles. The van der Waals surface area contributed by atoms with Gasteiger partial charge in [-0.2, -0.15) is 13.2 Å². The lowest BCUT2D eigenvalue weighted by Crippen LogP contribution is -2.42. The fourth-order valence-corrected chi connectivity index (χ4v) is 6.51. The van der Waals surface area contributed by atoms with Crippen LogP contribution in [0.1, 0.15) is 19.4 Å². The van der Waals surface area contributed by atoms with Crippen LogP contribution in [-0.4, -0.2) is 46.5 Å². The number of nitrogens with zero attached hydrogens (tertiary/aromatic N) is 1. The van der Waals surface area contributed by atoms with E-state index in [-0.39, 0.29) is 33.5 Å². The summed E-state index contributed by atoms with van der Waals surface area (Å²) >= 11 is 0. The van der Waals surface area contributed by atoms with Crippen LogP contribution in [0.15, 0.2) is 94.7 Å². The number of nitrogens with one attached hydrogen (secondary N) is 1. The maximum Gasteiger partial charge on any atom is 0.501 e. The molecule has 0 bridgehead atoms. The van der Waals surface area contributed by atoms with E-state index in [1.54, 1.807) is 0 Å². The lowest BCUT2D eigenvalue weighted by Gasteiger charge is -2.25.